The van der Waals surface area contributed by atoms with E-state index >= 15 is 0 Å². The van der Waals surface area contributed by atoms with Gasteiger partial charge in [0.2, 0.25) is 0 Å². The Kier molecular flexibility index (Phi) is 5.65. The van der Waals surface area contributed by atoms with Crippen molar-refractivity contribution in [1.29, 1.82) is 0 Å². The van der Waals surface area contributed by atoms with Crippen molar-refractivity contribution in [2.45, 2.75) is 34.2 Å². The molecule has 3 heterocycles. The molecule has 0 aliphatic rings. The molecule has 0 aliphatic carbocycles. The van der Waals surface area contributed by atoms with E-state index in [1.165, 1.54) is 0 Å². The zero-order valence-corrected chi connectivity index (χ0v) is 16.2. The van der Waals surface area contributed by atoms with E-state index in [1.807, 2.05) is 80.9 Å². The van der Waals surface area contributed by atoms with E-state index < -0.39 is 0 Å². The summed E-state index contributed by atoms with van der Waals surface area (Å²) in [4.78, 5) is 8.87. The normalized spacial score (nSPS) is 10.6. The monoisotopic (exact) mass is 361 g/mol. The highest BCUT2D eigenvalue weighted by molar-refractivity contribution is 5.79. The quantitative estimate of drug-likeness (QED) is 0.453. The van der Waals surface area contributed by atoms with Gasteiger partial charge in [0.05, 0.1) is 23.3 Å². The van der Waals surface area contributed by atoms with Gasteiger partial charge in [0.15, 0.2) is 0 Å². The van der Waals surface area contributed by atoms with Crippen molar-refractivity contribution in [2.75, 3.05) is 0 Å². The largest absolute Gasteiger partial charge is 0.341 e. The Bertz CT molecular complexity index is 1070. The van der Waals surface area contributed by atoms with Crippen molar-refractivity contribution >= 4 is 11.0 Å². The molecular weight excluding hydrogens is 337 g/mol. The Hall–Kier alpha value is -3.01. The first kappa shape index (κ1) is 18.8. The van der Waals surface area contributed by atoms with Gasteiger partial charge in [-0.05, 0) is 49.7 Å². The van der Waals surface area contributed by atoms with Crippen LogP contribution < -0.4 is 0 Å². The minimum Gasteiger partial charge on any atom is -0.341 e. The van der Waals surface area contributed by atoms with Crippen LogP contribution in [0.1, 0.15) is 30.7 Å². The third kappa shape index (κ3) is 3.90. The van der Waals surface area contributed by atoms with Crippen molar-refractivity contribution in [3.63, 3.8) is 0 Å². The lowest BCUT2D eigenvalue weighted by Gasteiger charge is -2.09. The van der Waals surface area contributed by atoms with Crippen molar-refractivity contribution in [3.8, 4) is 11.3 Å². The van der Waals surface area contributed by atoms with Gasteiger partial charge in [0, 0.05) is 29.2 Å². The van der Waals surface area contributed by atoms with E-state index in [1.54, 1.807) is 12.3 Å². The van der Waals surface area contributed by atoms with Gasteiger partial charge in [-0.15, -0.1) is 0 Å². The molecule has 3 nitrogen and oxygen atoms in total. The van der Waals surface area contributed by atoms with E-state index in [2.05, 4.69) is 9.97 Å². The van der Waals surface area contributed by atoms with Crippen LogP contribution in [0.4, 0.5) is 4.39 Å². The van der Waals surface area contributed by atoms with E-state index in [-0.39, 0.29) is 5.82 Å². The van der Waals surface area contributed by atoms with Crippen LogP contribution >= 0.6 is 0 Å². The van der Waals surface area contributed by atoms with Gasteiger partial charge in [-0.25, -0.2) is 4.39 Å². The minimum absolute atomic E-state index is 0.218. The molecule has 3 aromatic heterocycles. The molecule has 0 unspecified atom stereocenters. The van der Waals surface area contributed by atoms with Gasteiger partial charge in [-0.1, -0.05) is 32.0 Å². The van der Waals surface area contributed by atoms with E-state index in [4.69, 9.17) is 0 Å². The SMILES string of the molecule is CC.Cc1cccc(-c2ccc(Cn3cc(C)c4ncccc43)c(F)c2)n1. The fourth-order valence-corrected chi connectivity index (χ4v) is 3.15. The van der Waals surface area contributed by atoms with Gasteiger partial charge >= 0.3 is 0 Å². The van der Waals surface area contributed by atoms with Crippen LogP contribution in [-0.4, -0.2) is 14.5 Å². The lowest BCUT2D eigenvalue weighted by Crippen LogP contribution is -2.01. The highest BCUT2D eigenvalue weighted by Crippen LogP contribution is 2.23. The summed E-state index contributed by atoms with van der Waals surface area (Å²) < 4.78 is 16.7. The summed E-state index contributed by atoms with van der Waals surface area (Å²) >= 11 is 0. The number of aryl methyl sites for hydroxylation is 2. The lowest BCUT2D eigenvalue weighted by molar-refractivity contribution is 0.602. The highest BCUT2D eigenvalue weighted by atomic mass is 19.1. The molecule has 4 aromatic rings. The lowest BCUT2D eigenvalue weighted by atomic mass is 10.1. The van der Waals surface area contributed by atoms with Crippen LogP contribution in [-0.2, 0) is 6.54 Å². The fraction of sp³-hybridized carbons (Fsp3) is 0.217. The molecule has 0 saturated heterocycles. The molecule has 0 saturated carbocycles. The average molecular weight is 361 g/mol. The molecular formula is C23H24FN3. The van der Waals surface area contributed by atoms with Gasteiger partial charge < -0.3 is 4.57 Å². The Morgan fingerprint density at radius 1 is 1.00 bits per heavy atom. The summed E-state index contributed by atoms with van der Waals surface area (Å²) in [5.74, 6) is -0.218. The minimum atomic E-state index is -0.218. The number of hydrogen-bond donors (Lipinski definition) is 0. The molecule has 0 bridgehead atoms. The number of rotatable bonds is 3. The van der Waals surface area contributed by atoms with Crippen molar-refractivity contribution in [1.82, 2.24) is 14.5 Å². The van der Waals surface area contributed by atoms with Crippen LogP contribution in [0, 0.1) is 19.7 Å². The molecule has 0 aliphatic heterocycles. The molecule has 138 valence electrons. The van der Waals surface area contributed by atoms with Gasteiger partial charge in [-0.2, -0.15) is 0 Å². The fourth-order valence-electron chi connectivity index (χ4n) is 3.15. The van der Waals surface area contributed by atoms with Crippen LogP contribution in [0.15, 0.2) is 60.9 Å². The maximum atomic E-state index is 14.7. The summed E-state index contributed by atoms with van der Waals surface area (Å²) in [6, 6.07) is 15.0. The van der Waals surface area contributed by atoms with Gasteiger partial charge in [0.1, 0.15) is 5.82 Å². The third-order valence-electron chi connectivity index (χ3n) is 4.40. The predicted molar refractivity (Wildman–Crippen MR) is 109 cm³/mol. The average Bonchev–Trinajstić information content (AvgIpc) is 3.01. The molecule has 1 aromatic carbocycles. The molecule has 0 atom stereocenters. The first-order valence-electron chi connectivity index (χ1n) is 9.25. The van der Waals surface area contributed by atoms with E-state index in [0.717, 1.165) is 33.5 Å². The second-order valence-corrected chi connectivity index (χ2v) is 6.28. The predicted octanol–water partition coefficient (Wildman–Crippen LogP) is 5.93. The maximum absolute atomic E-state index is 14.7. The van der Waals surface area contributed by atoms with Crippen molar-refractivity contribution in [2.24, 2.45) is 0 Å². The Morgan fingerprint density at radius 2 is 1.81 bits per heavy atom. The van der Waals surface area contributed by atoms with Crippen LogP contribution in [0.5, 0.6) is 0 Å². The van der Waals surface area contributed by atoms with Crippen molar-refractivity contribution < 1.29 is 4.39 Å². The first-order chi connectivity index (χ1) is 13.1. The molecule has 0 N–H and O–H groups in total. The second-order valence-electron chi connectivity index (χ2n) is 6.28. The van der Waals surface area contributed by atoms with Crippen LogP contribution in [0.2, 0.25) is 0 Å². The van der Waals surface area contributed by atoms with E-state index in [9.17, 15) is 4.39 Å². The summed E-state index contributed by atoms with van der Waals surface area (Å²) in [6.07, 6.45) is 3.80. The summed E-state index contributed by atoms with van der Waals surface area (Å²) in [5, 5.41) is 0. The zero-order chi connectivity index (χ0) is 19.4. The molecule has 4 heteroatoms. The van der Waals surface area contributed by atoms with Crippen molar-refractivity contribution in [3.05, 3.63) is 83.6 Å². The highest BCUT2D eigenvalue weighted by Gasteiger charge is 2.10. The Labute approximate surface area is 159 Å². The zero-order valence-electron chi connectivity index (χ0n) is 16.2. The number of pyridine rings is 2. The van der Waals surface area contributed by atoms with E-state index in [0.29, 0.717) is 12.1 Å². The topological polar surface area (TPSA) is 30.7 Å². The Morgan fingerprint density at radius 3 is 2.56 bits per heavy atom. The summed E-state index contributed by atoms with van der Waals surface area (Å²) in [7, 11) is 0. The van der Waals surface area contributed by atoms with Gasteiger partial charge in [-0.3, -0.25) is 9.97 Å². The molecule has 0 amide bonds. The molecule has 4 rings (SSSR count). The number of fused-ring (bicyclic) bond motifs is 1. The smallest absolute Gasteiger partial charge is 0.128 e. The number of benzene rings is 1. The maximum Gasteiger partial charge on any atom is 0.128 e. The molecule has 0 spiro atoms. The standard InChI is InChI=1S/C21H18FN3.C2H6/c1-14-12-25(20-7-4-10-23-21(14)20)13-17-9-8-16(11-18(17)22)19-6-3-5-15(2)24-19;1-2/h3-12H,13H2,1-2H3;1-2H3. The molecule has 0 fully saturated rings. The Balaban J connectivity index is 0.00000102. The number of hydrogen-bond acceptors (Lipinski definition) is 2. The summed E-state index contributed by atoms with van der Waals surface area (Å²) in [6.45, 7) is 8.43. The van der Waals surface area contributed by atoms with Crippen LogP contribution in [0.3, 0.4) is 0 Å². The third-order valence-corrected chi connectivity index (χ3v) is 4.40. The summed E-state index contributed by atoms with van der Waals surface area (Å²) in [5.41, 5.74) is 6.22. The molecule has 27 heavy (non-hydrogen) atoms. The number of aromatic nitrogens is 3. The molecule has 0 radical (unpaired) electrons. The van der Waals surface area contributed by atoms with Crippen LogP contribution in [0.25, 0.3) is 22.3 Å². The number of nitrogens with zero attached hydrogens (tertiary/aromatic N) is 3. The first-order valence-corrected chi connectivity index (χ1v) is 9.25. The van der Waals surface area contributed by atoms with Gasteiger partial charge in [0.25, 0.3) is 0 Å². The second kappa shape index (κ2) is 8.12. The number of halogens is 1.